The van der Waals surface area contributed by atoms with E-state index in [9.17, 15) is 13.2 Å². The fourth-order valence-electron chi connectivity index (χ4n) is 3.14. The topological polar surface area (TPSA) is 98.5 Å². The summed E-state index contributed by atoms with van der Waals surface area (Å²) in [5.41, 5.74) is 5.49. The molecule has 136 valence electrons. The van der Waals surface area contributed by atoms with Gasteiger partial charge >= 0.3 is 5.97 Å². The van der Waals surface area contributed by atoms with Crippen LogP contribution in [0.4, 0.5) is 0 Å². The summed E-state index contributed by atoms with van der Waals surface area (Å²) < 4.78 is 33.0. The molecule has 1 fully saturated rings. The molecule has 1 aliphatic carbocycles. The molecule has 0 saturated heterocycles. The summed E-state index contributed by atoms with van der Waals surface area (Å²) in [5.74, 6) is -0.401. The molecule has 1 saturated carbocycles. The molecule has 2 rings (SSSR count). The molecule has 1 aliphatic rings. The minimum absolute atomic E-state index is 0. The van der Waals surface area contributed by atoms with E-state index in [1.165, 1.54) is 31.4 Å². The number of carbonyl (C=O) groups is 1. The van der Waals surface area contributed by atoms with Crippen LogP contribution in [0, 0.1) is 5.92 Å². The lowest BCUT2D eigenvalue weighted by Crippen LogP contribution is -2.58. The van der Waals surface area contributed by atoms with Crippen molar-refractivity contribution in [3.63, 3.8) is 0 Å². The highest BCUT2D eigenvalue weighted by Crippen LogP contribution is 2.34. The maximum Gasteiger partial charge on any atom is 0.337 e. The number of hydrogen-bond donors (Lipinski definition) is 2. The Labute approximate surface area is 149 Å². The number of esters is 1. The van der Waals surface area contributed by atoms with Gasteiger partial charge in [-0.15, -0.1) is 12.4 Å². The summed E-state index contributed by atoms with van der Waals surface area (Å²) in [7, 11) is -2.51. The van der Waals surface area contributed by atoms with Gasteiger partial charge in [0.1, 0.15) is 0 Å². The Morgan fingerprint density at radius 1 is 1.42 bits per heavy atom. The molecule has 0 aliphatic heterocycles. The van der Waals surface area contributed by atoms with Gasteiger partial charge < -0.3 is 10.5 Å². The van der Waals surface area contributed by atoms with E-state index in [4.69, 9.17) is 5.73 Å². The van der Waals surface area contributed by atoms with Gasteiger partial charge in [-0.25, -0.2) is 17.9 Å². The van der Waals surface area contributed by atoms with Gasteiger partial charge in [0.15, 0.2) is 0 Å². The van der Waals surface area contributed by atoms with Gasteiger partial charge in [-0.1, -0.05) is 25.8 Å². The highest BCUT2D eigenvalue weighted by Gasteiger charge is 2.40. The van der Waals surface area contributed by atoms with E-state index in [0.29, 0.717) is 0 Å². The normalized spacial score (nSPS) is 24.0. The number of nitrogens with one attached hydrogen (secondary N) is 1. The van der Waals surface area contributed by atoms with E-state index in [0.717, 1.165) is 25.7 Å². The van der Waals surface area contributed by atoms with Crippen molar-refractivity contribution in [1.29, 1.82) is 0 Å². The highest BCUT2D eigenvalue weighted by atomic mass is 35.5. The molecule has 0 spiro atoms. The van der Waals surface area contributed by atoms with Gasteiger partial charge in [0.2, 0.25) is 10.0 Å². The Kier molecular flexibility index (Phi) is 7.22. The minimum atomic E-state index is -3.77. The van der Waals surface area contributed by atoms with Crippen LogP contribution in [0.3, 0.4) is 0 Å². The number of methoxy groups -OCH3 is 1. The molecule has 24 heavy (non-hydrogen) atoms. The van der Waals surface area contributed by atoms with Crippen molar-refractivity contribution < 1.29 is 17.9 Å². The molecule has 0 heterocycles. The predicted molar refractivity (Wildman–Crippen MR) is 94.8 cm³/mol. The highest BCUT2D eigenvalue weighted by molar-refractivity contribution is 7.89. The number of ether oxygens (including phenoxy) is 1. The average molecular weight is 377 g/mol. The lowest BCUT2D eigenvalue weighted by Gasteiger charge is -2.42. The van der Waals surface area contributed by atoms with E-state index in [2.05, 4.69) is 9.46 Å². The van der Waals surface area contributed by atoms with Crippen LogP contribution in [0.25, 0.3) is 0 Å². The van der Waals surface area contributed by atoms with Crippen molar-refractivity contribution in [2.24, 2.45) is 11.7 Å². The zero-order chi connectivity index (χ0) is 17.1. The first-order valence-corrected chi connectivity index (χ1v) is 9.25. The smallest absolute Gasteiger partial charge is 0.337 e. The van der Waals surface area contributed by atoms with E-state index < -0.39 is 21.5 Å². The number of benzene rings is 1. The van der Waals surface area contributed by atoms with E-state index in [1.807, 2.05) is 6.92 Å². The molecule has 2 atom stereocenters. The van der Waals surface area contributed by atoms with Gasteiger partial charge in [-0.2, -0.15) is 0 Å². The van der Waals surface area contributed by atoms with Crippen LogP contribution >= 0.6 is 12.4 Å². The van der Waals surface area contributed by atoms with Gasteiger partial charge in [-0.05, 0) is 37.0 Å². The first-order chi connectivity index (χ1) is 10.8. The SMILES string of the molecule is COC(=O)c1cccc(S(=O)(=O)NC2(CN)CCCCC2C)c1.Cl. The van der Waals surface area contributed by atoms with Crippen LogP contribution in [0.1, 0.15) is 43.0 Å². The summed E-state index contributed by atoms with van der Waals surface area (Å²) >= 11 is 0. The van der Waals surface area contributed by atoms with E-state index >= 15 is 0 Å². The molecule has 0 radical (unpaired) electrons. The second-order valence-electron chi connectivity index (χ2n) is 6.13. The molecule has 0 aromatic heterocycles. The van der Waals surface area contributed by atoms with E-state index in [1.54, 1.807) is 0 Å². The number of rotatable bonds is 5. The molecular weight excluding hydrogens is 352 g/mol. The first kappa shape index (κ1) is 20.9. The zero-order valence-electron chi connectivity index (χ0n) is 13.9. The number of sulfonamides is 1. The van der Waals surface area contributed by atoms with Crippen LogP contribution in [0.15, 0.2) is 29.2 Å². The van der Waals surface area contributed by atoms with Crippen molar-refractivity contribution >= 4 is 28.4 Å². The second-order valence-corrected chi connectivity index (χ2v) is 7.81. The summed E-state index contributed by atoms with van der Waals surface area (Å²) in [6.07, 6.45) is 3.71. The average Bonchev–Trinajstić information content (AvgIpc) is 2.56. The summed E-state index contributed by atoms with van der Waals surface area (Å²) in [4.78, 5) is 11.6. The van der Waals surface area contributed by atoms with Crippen LogP contribution in [-0.2, 0) is 14.8 Å². The molecule has 1 aromatic carbocycles. The third-order valence-electron chi connectivity index (χ3n) is 4.72. The maximum absolute atomic E-state index is 12.8. The predicted octanol–water partition coefficient (Wildman–Crippen LogP) is 2.08. The molecule has 6 nitrogen and oxygen atoms in total. The Morgan fingerprint density at radius 3 is 2.71 bits per heavy atom. The van der Waals surface area contributed by atoms with Crippen molar-refractivity contribution in [3.8, 4) is 0 Å². The van der Waals surface area contributed by atoms with Crippen molar-refractivity contribution in [1.82, 2.24) is 4.72 Å². The molecule has 0 amide bonds. The Bertz CT molecular complexity index is 680. The Morgan fingerprint density at radius 2 is 2.12 bits per heavy atom. The minimum Gasteiger partial charge on any atom is -0.465 e. The number of nitrogens with two attached hydrogens (primary N) is 1. The second kappa shape index (κ2) is 8.29. The monoisotopic (exact) mass is 376 g/mol. The summed E-state index contributed by atoms with van der Waals surface area (Å²) in [5, 5.41) is 0. The van der Waals surface area contributed by atoms with Gasteiger partial charge in [-0.3, -0.25) is 0 Å². The van der Waals surface area contributed by atoms with Crippen LogP contribution in [0.2, 0.25) is 0 Å². The number of halogens is 1. The lowest BCUT2D eigenvalue weighted by atomic mass is 9.74. The van der Waals surface area contributed by atoms with Gasteiger partial charge in [0, 0.05) is 12.1 Å². The third-order valence-corrected chi connectivity index (χ3v) is 6.27. The largest absolute Gasteiger partial charge is 0.465 e. The molecule has 2 unspecified atom stereocenters. The van der Waals surface area contributed by atoms with Gasteiger partial charge in [0.25, 0.3) is 0 Å². The lowest BCUT2D eigenvalue weighted by molar-refractivity contribution is 0.0600. The fraction of sp³-hybridized carbons (Fsp3) is 0.562. The molecular formula is C16H25ClN2O4S. The first-order valence-electron chi connectivity index (χ1n) is 7.77. The standard InChI is InChI=1S/C16H24N2O4S.ClH/c1-12-6-3-4-9-16(12,11-17)18-23(20,21)14-8-5-7-13(10-14)15(19)22-2;/h5,7-8,10,12,18H,3-4,6,9,11,17H2,1-2H3;1H. The zero-order valence-corrected chi connectivity index (χ0v) is 15.6. The molecule has 1 aromatic rings. The Balaban J connectivity index is 0.00000288. The third kappa shape index (κ3) is 4.27. The Hall–Kier alpha value is -1.15. The van der Waals surface area contributed by atoms with Gasteiger partial charge in [0.05, 0.1) is 17.6 Å². The maximum atomic E-state index is 12.8. The quantitative estimate of drug-likeness (QED) is 0.766. The molecule has 8 heteroatoms. The van der Waals surface area contributed by atoms with Crippen molar-refractivity contribution in [2.75, 3.05) is 13.7 Å². The number of hydrogen-bond acceptors (Lipinski definition) is 5. The summed E-state index contributed by atoms with van der Waals surface area (Å²) in [6.45, 7) is 2.28. The van der Waals surface area contributed by atoms with Crippen LogP contribution in [0.5, 0.6) is 0 Å². The van der Waals surface area contributed by atoms with Crippen LogP contribution in [-0.4, -0.2) is 33.6 Å². The number of carbonyl (C=O) groups excluding carboxylic acids is 1. The van der Waals surface area contributed by atoms with E-state index in [-0.39, 0.29) is 35.3 Å². The van der Waals surface area contributed by atoms with Crippen molar-refractivity contribution in [2.45, 2.75) is 43.0 Å². The fourth-order valence-corrected chi connectivity index (χ4v) is 4.72. The molecule has 0 bridgehead atoms. The van der Waals surface area contributed by atoms with Crippen molar-refractivity contribution in [3.05, 3.63) is 29.8 Å². The summed E-state index contributed by atoms with van der Waals surface area (Å²) in [6, 6.07) is 5.84. The molecule has 3 N–H and O–H groups in total. The van der Waals surface area contributed by atoms with Crippen LogP contribution < -0.4 is 10.5 Å².